The summed E-state index contributed by atoms with van der Waals surface area (Å²) in [5, 5.41) is 2.48. The van der Waals surface area contributed by atoms with Crippen molar-refractivity contribution in [2.24, 2.45) is 0 Å². The molecule has 16 heavy (non-hydrogen) atoms. The van der Waals surface area contributed by atoms with Crippen LogP contribution in [0.5, 0.6) is 0 Å². The number of thiazole rings is 1. The minimum atomic E-state index is 0.542. The van der Waals surface area contributed by atoms with Gasteiger partial charge in [-0.25, -0.2) is 15.0 Å². The molecule has 0 atom stereocenters. The lowest BCUT2D eigenvalue weighted by atomic mass is 10.3. The third kappa shape index (κ3) is 1.96. The molecule has 1 saturated carbocycles. The predicted octanol–water partition coefficient (Wildman–Crippen LogP) is 3.74. The zero-order valence-electron chi connectivity index (χ0n) is 8.15. The van der Waals surface area contributed by atoms with Crippen molar-refractivity contribution >= 4 is 45.5 Å². The van der Waals surface area contributed by atoms with Crippen molar-refractivity contribution in [2.45, 2.75) is 18.8 Å². The van der Waals surface area contributed by atoms with Crippen molar-refractivity contribution in [1.82, 2.24) is 15.0 Å². The van der Waals surface area contributed by atoms with Crippen LogP contribution in [-0.4, -0.2) is 15.0 Å². The molecule has 82 valence electrons. The highest BCUT2D eigenvalue weighted by Gasteiger charge is 2.29. The Hall–Kier alpha value is -0.270. The highest BCUT2D eigenvalue weighted by Crippen LogP contribution is 2.42. The van der Waals surface area contributed by atoms with E-state index in [-0.39, 0.29) is 0 Å². The molecule has 3 rings (SSSR count). The van der Waals surface area contributed by atoms with Gasteiger partial charge in [0.25, 0.3) is 0 Å². The molecule has 3 nitrogen and oxygen atoms in total. The van der Waals surface area contributed by atoms with Gasteiger partial charge >= 0.3 is 0 Å². The second kappa shape index (κ2) is 4.19. The average molecular weight is 364 g/mol. The quantitative estimate of drug-likeness (QED) is 0.603. The van der Waals surface area contributed by atoms with Gasteiger partial charge < -0.3 is 0 Å². The molecule has 2 aromatic rings. The molecule has 0 saturated heterocycles. The molecule has 2 heterocycles. The van der Waals surface area contributed by atoms with Crippen LogP contribution in [0.25, 0.3) is 11.5 Å². The van der Waals surface area contributed by atoms with E-state index in [2.05, 4.69) is 37.5 Å². The molecule has 2 aromatic heterocycles. The molecule has 1 aliphatic carbocycles. The predicted molar refractivity (Wildman–Crippen MR) is 72.8 cm³/mol. The summed E-state index contributed by atoms with van der Waals surface area (Å²) >= 11 is 9.88. The van der Waals surface area contributed by atoms with Gasteiger partial charge in [-0.3, -0.25) is 0 Å². The average Bonchev–Trinajstić information content (AvgIpc) is 2.96. The fraction of sp³-hybridized carbons (Fsp3) is 0.300. The van der Waals surface area contributed by atoms with E-state index < -0.39 is 0 Å². The topological polar surface area (TPSA) is 38.7 Å². The molecule has 0 bridgehead atoms. The number of halogens is 2. The van der Waals surface area contributed by atoms with Gasteiger partial charge in [0.2, 0.25) is 0 Å². The molecule has 0 spiro atoms. The minimum Gasteiger partial charge on any atom is -0.241 e. The van der Waals surface area contributed by atoms with E-state index in [1.54, 1.807) is 5.51 Å². The SMILES string of the molecule is Clc1nc(-c2cscn2)nc(C2CC2)c1I. The second-order valence-electron chi connectivity index (χ2n) is 3.69. The van der Waals surface area contributed by atoms with Gasteiger partial charge in [-0.05, 0) is 35.4 Å². The monoisotopic (exact) mass is 363 g/mol. The fourth-order valence-electron chi connectivity index (χ4n) is 1.50. The Morgan fingerprint density at radius 1 is 1.38 bits per heavy atom. The van der Waals surface area contributed by atoms with E-state index in [0.717, 1.165) is 15.0 Å². The fourth-order valence-corrected chi connectivity index (χ4v) is 2.89. The van der Waals surface area contributed by atoms with Crippen LogP contribution in [0.4, 0.5) is 0 Å². The van der Waals surface area contributed by atoms with Crippen LogP contribution in [0.3, 0.4) is 0 Å². The van der Waals surface area contributed by atoms with Gasteiger partial charge in [-0.2, -0.15) is 0 Å². The maximum absolute atomic E-state index is 6.12. The lowest BCUT2D eigenvalue weighted by Crippen LogP contribution is -1.99. The first-order valence-electron chi connectivity index (χ1n) is 4.87. The standard InChI is InChI=1S/C10H7ClIN3S/c11-9-7(12)8(5-1-2-5)14-10(15-9)6-3-16-4-13-6/h3-5H,1-2H2. The Labute approximate surface area is 115 Å². The third-order valence-corrected chi connectivity index (χ3v) is 4.70. The van der Waals surface area contributed by atoms with Crippen molar-refractivity contribution < 1.29 is 0 Å². The van der Waals surface area contributed by atoms with Gasteiger partial charge in [0.1, 0.15) is 10.8 Å². The molecule has 6 heteroatoms. The molecule has 0 aliphatic heterocycles. The van der Waals surface area contributed by atoms with E-state index in [4.69, 9.17) is 11.6 Å². The molecule has 0 unspecified atom stereocenters. The lowest BCUT2D eigenvalue weighted by Gasteiger charge is -2.05. The van der Waals surface area contributed by atoms with Crippen molar-refractivity contribution in [2.75, 3.05) is 0 Å². The Balaban J connectivity index is 2.13. The Bertz CT molecular complexity index is 525. The van der Waals surface area contributed by atoms with Gasteiger partial charge in [-0.1, -0.05) is 11.6 Å². The van der Waals surface area contributed by atoms with Crippen molar-refractivity contribution in [1.29, 1.82) is 0 Å². The summed E-state index contributed by atoms with van der Waals surface area (Å²) in [5.74, 6) is 1.22. The summed E-state index contributed by atoms with van der Waals surface area (Å²) < 4.78 is 0.987. The van der Waals surface area contributed by atoms with Crippen LogP contribution in [0.15, 0.2) is 10.9 Å². The number of hydrogen-bond donors (Lipinski definition) is 0. The van der Waals surface area contributed by atoms with Crippen LogP contribution >= 0.6 is 45.5 Å². The molecule has 1 fully saturated rings. The molecule has 0 radical (unpaired) electrons. The Kier molecular flexibility index (Phi) is 2.85. The van der Waals surface area contributed by atoms with Crippen molar-refractivity contribution in [3.63, 3.8) is 0 Å². The van der Waals surface area contributed by atoms with Crippen molar-refractivity contribution in [3.8, 4) is 11.5 Å². The smallest absolute Gasteiger partial charge is 0.180 e. The van der Waals surface area contributed by atoms with Crippen LogP contribution in [0, 0.1) is 3.57 Å². The molecule has 1 aliphatic rings. The summed E-state index contributed by atoms with van der Waals surface area (Å²) in [5.41, 5.74) is 3.68. The van der Waals surface area contributed by atoms with Crippen LogP contribution < -0.4 is 0 Å². The maximum atomic E-state index is 6.12. The van der Waals surface area contributed by atoms with Gasteiger partial charge in [0.05, 0.1) is 14.8 Å². The van der Waals surface area contributed by atoms with E-state index in [0.29, 0.717) is 16.9 Å². The number of aromatic nitrogens is 3. The van der Waals surface area contributed by atoms with E-state index in [1.807, 2.05) is 5.38 Å². The van der Waals surface area contributed by atoms with Crippen LogP contribution in [0.1, 0.15) is 24.5 Å². The first-order chi connectivity index (χ1) is 7.75. The van der Waals surface area contributed by atoms with Gasteiger partial charge in [-0.15, -0.1) is 11.3 Å². The molecule has 0 N–H and O–H groups in total. The molecule has 0 amide bonds. The van der Waals surface area contributed by atoms with Crippen LogP contribution in [0.2, 0.25) is 5.15 Å². The highest BCUT2D eigenvalue weighted by molar-refractivity contribution is 14.1. The van der Waals surface area contributed by atoms with E-state index in [1.165, 1.54) is 24.2 Å². The largest absolute Gasteiger partial charge is 0.241 e. The van der Waals surface area contributed by atoms with E-state index in [9.17, 15) is 0 Å². The Morgan fingerprint density at radius 2 is 2.19 bits per heavy atom. The Morgan fingerprint density at radius 3 is 2.81 bits per heavy atom. The first kappa shape index (κ1) is 10.9. The zero-order chi connectivity index (χ0) is 11.1. The lowest BCUT2D eigenvalue weighted by molar-refractivity contribution is 0.974. The normalized spacial score (nSPS) is 15.4. The highest BCUT2D eigenvalue weighted by atomic mass is 127. The van der Waals surface area contributed by atoms with Crippen LogP contribution in [-0.2, 0) is 0 Å². The second-order valence-corrected chi connectivity index (χ2v) is 5.84. The zero-order valence-corrected chi connectivity index (χ0v) is 11.9. The van der Waals surface area contributed by atoms with Gasteiger partial charge in [0, 0.05) is 11.3 Å². The summed E-state index contributed by atoms with van der Waals surface area (Å²) in [6, 6.07) is 0. The summed E-state index contributed by atoms with van der Waals surface area (Å²) in [6.07, 6.45) is 2.42. The number of nitrogens with zero attached hydrogens (tertiary/aromatic N) is 3. The summed E-state index contributed by atoms with van der Waals surface area (Å²) in [6.45, 7) is 0. The summed E-state index contributed by atoms with van der Waals surface area (Å²) in [7, 11) is 0. The first-order valence-corrected chi connectivity index (χ1v) is 7.27. The van der Waals surface area contributed by atoms with E-state index >= 15 is 0 Å². The molecular formula is C10H7ClIN3S. The summed E-state index contributed by atoms with van der Waals surface area (Å²) in [4.78, 5) is 13.1. The van der Waals surface area contributed by atoms with Crippen molar-refractivity contribution in [3.05, 3.63) is 25.3 Å². The maximum Gasteiger partial charge on any atom is 0.180 e. The third-order valence-electron chi connectivity index (χ3n) is 2.46. The van der Waals surface area contributed by atoms with Gasteiger partial charge in [0.15, 0.2) is 5.82 Å². The molecular weight excluding hydrogens is 357 g/mol. The minimum absolute atomic E-state index is 0.542. The molecule has 0 aromatic carbocycles. The number of hydrogen-bond acceptors (Lipinski definition) is 4. The number of rotatable bonds is 2.